The Morgan fingerprint density at radius 3 is 2.53 bits per heavy atom. The second kappa shape index (κ2) is 8.66. The number of nitrogens with one attached hydrogen (secondary N) is 1. The standard InChI is InChI=1S/C23H25F3N6O2/c1-28-20(33)18-13-32(16-4-3-15(12-27)17(11-16)23(24,25)26)14-22(18)5-8-31(9-6-22)21(34)19-29-7-10-30(19)2/h3-4,7,10-11,18H,5-6,8-9,13-14H2,1-2H3,(H,28,33). The van der Waals surface area contributed by atoms with Crippen LogP contribution in [0, 0.1) is 22.7 Å². The number of piperidine rings is 1. The van der Waals surface area contributed by atoms with Crippen molar-refractivity contribution in [2.45, 2.75) is 19.0 Å². The number of benzene rings is 1. The van der Waals surface area contributed by atoms with Gasteiger partial charge in [0.1, 0.15) is 0 Å². The molecule has 0 saturated carbocycles. The third-order valence-corrected chi connectivity index (χ3v) is 7.06. The molecule has 2 amide bonds. The number of aryl methyl sites for hydroxylation is 1. The molecule has 2 aliphatic heterocycles. The smallest absolute Gasteiger partial charge is 0.370 e. The van der Waals surface area contributed by atoms with E-state index in [0.717, 1.165) is 6.07 Å². The van der Waals surface area contributed by atoms with E-state index in [-0.39, 0.29) is 18.4 Å². The van der Waals surface area contributed by atoms with E-state index in [4.69, 9.17) is 5.26 Å². The Morgan fingerprint density at radius 1 is 1.26 bits per heavy atom. The SMILES string of the molecule is CNC(=O)C1CN(c2ccc(C#N)c(C(F)(F)F)c2)CC12CCN(C(=O)c1nccn1C)CC2. The number of carbonyl (C=O) groups is 2. The highest BCUT2D eigenvalue weighted by Gasteiger charge is 2.52. The van der Waals surface area contributed by atoms with Crippen LogP contribution in [0.25, 0.3) is 0 Å². The number of amides is 2. The largest absolute Gasteiger partial charge is 0.417 e. The molecule has 1 aromatic carbocycles. The fourth-order valence-corrected chi connectivity index (χ4v) is 5.14. The van der Waals surface area contributed by atoms with Crippen LogP contribution in [0.3, 0.4) is 0 Å². The van der Waals surface area contributed by atoms with Gasteiger partial charge in [-0.3, -0.25) is 9.59 Å². The summed E-state index contributed by atoms with van der Waals surface area (Å²) in [6, 6.07) is 5.25. The van der Waals surface area contributed by atoms with Gasteiger partial charge in [-0.05, 0) is 31.0 Å². The summed E-state index contributed by atoms with van der Waals surface area (Å²) in [4.78, 5) is 33.2. The molecule has 1 aromatic heterocycles. The predicted octanol–water partition coefficient (Wildman–Crippen LogP) is 2.42. The van der Waals surface area contributed by atoms with Crippen LogP contribution in [0.2, 0.25) is 0 Å². The van der Waals surface area contributed by atoms with E-state index in [9.17, 15) is 22.8 Å². The van der Waals surface area contributed by atoms with Crippen molar-refractivity contribution in [1.29, 1.82) is 5.26 Å². The van der Waals surface area contributed by atoms with Gasteiger partial charge < -0.3 is 19.7 Å². The normalized spacial score (nSPS) is 19.8. The van der Waals surface area contributed by atoms with Crippen molar-refractivity contribution in [3.8, 4) is 6.07 Å². The molecule has 1 spiro atoms. The van der Waals surface area contributed by atoms with Gasteiger partial charge in [-0.2, -0.15) is 18.4 Å². The molecule has 2 aromatic rings. The molecular weight excluding hydrogens is 449 g/mol. The number of hydrogen-bond donors (Lipinski definition) is 1. The van der Waals surface area contributed by atoms with Crippen LogP contribution in [0.1, 0.15) is 34.6 Å². The molecular formula is C23H25F3N6O2. The minimum atomic E-state index is -4.66. The molecule has 0 radical (unpaired) electrons. The van der Waals surface area contributed by atoms with Crippen LogP contribution >= 0.6 is 0 Å². The zero-order valence-corrected chi connectivity index (χ0v) is 18.9. The van der Waals surface area contributed by atoms with E-state index >= 15 is 0 Å². The molecule has 2 aliphatic rings. The molecule has 4 rings (SSSR count). The molecule has 3 heterocycles. The fourth-order valence-electron chi connectivity index (χ4n) is 5.14. The number of carbonyl (C=O) groups excluding carboxylic acids is 2. The fraction of sp³-hybridized carbons (Fsp3) is 0.478. The summed E-state index contributed by atoms with van der Waals surface area (Å²) in [5.74, 6) is -0.455. The zero-order valence-electron chi connectivity index (χ0n) is 18.9. The number of alkyl halides is 3. The van der Waals surface area contributed by atoms with Crippen molar-refractivity contribution in [3.63, 3.8) is 0 Å². The van der Waals surface area contributed by atoms with E-state index < -0.39 is 28.6 Å². The summed E-state index contributed by atoms with van der Waals surface area (Å²) in [5, 5.41) is 11.8. The third kappa shape index (κ3) is 4.08. The number of likely N-dealkylation sites (tertiary alicyclic amines) is 1. The lowest BCUT2D eigenvalue weighted by atomic mass is 9.70. The van der Waals surface area contributed by atoms with Crippen molar-refractivity contribution in [3.05, 3.63) is 47.5 Å². The van der Waals surface area contributed by atoms with E-state index in [1.165, 1.54) is 12.1 Å². The minimum Gasteiger partial charge on any atom is -0.370 e. The summed E-state index contributed by atoms with van der Waals surface area (Å²) < 4.78 is 42.1. The van der Waals surface area contributed by atoms with Crippen molar-refractivity contribution >= 4 is 17.5 Å². The number of imidazole rings is 1. The van der Waals surface area contributed by atoms with Crippen molar-refractivity contribution in [2.24, 2.45) is 18.4 Å². The van der Waals surface area contributed by atoms with E-state index in [1.54, 1.807) is 46.9 Å². The summed E-state index contributed by atoms with van der Waals surface area (Å²) in [6.45, 7) is 1.50. The Morgan fingerprint density at radius 2 is 1.97 bits per heavy atom. The molecule has 11 heteroatoms. The van der Waals surface area contributed by atoms with E-state index in [2.05, 4.69) is 10.3 Å². The zero-order chi connectivity index (χ0) is 24.7. The second-order valence-corrected chi connectivity index (χ2v) is 8.90. The lowest BCUT2D eigenvalue weighted by molar-refractivity contribution is -0.137. The van der Waals surface area contributed by atoms with E-state index in [0.29, 0.717) is 44.0 Å². The average Bonchev–Trinajstić information content (AvgIpc) is 3.41. The summed E-state index contributed by atoms with van der Waals surface area (Å²) in [6.07, 6.45) is -0.320. The van der Waals surface area contributed by atoms with Crippen LogP contribution in [0.5, 0.6) is 0 Å². The van der Waals surface area contributed by atoms with Gasteiger partial charge in [0, 0.05) is 63.8 Å². The molecule has 1 atom stereocenters. The van der Waals surface area contributed by atoms with Crippen molar-refractivity contribution in [2.75, 3.05) is 38.1 Å². The van der Waals surface area contributed by atoms with Gasteiger partial charge in [0.05, 0.1) is 23.1 Å². The first-order valence-electron chi connectivity index (χ1n) is 10.9. The number of nitriles is 1. The van der Waals surface area contributed by atoms with Crippen LogP contribution in [-0.4, -0.2) is 59.5 Å². The van der Waals surface area contributed by atoms with Gasteiger partial charge in [-0.15, -0.1) is 0 Å². The van der Waals surface area contributed by atoms with Crippen molar-refractivity contribution < 1.29 is 22.8 Å². The molecule has 1 N–H and O–H groups in total. The second-order valence-electron chi connectivity index (χ2n) is 8.90. The van der Waals surface area contributed by atoms with Crippen LogP contribution < -0.4 is 10.2 Å². The highest BCUT2D eigenvalue weighted by atomic mass is 19.4. The Bertz CT molecular complexity index is 1140. The first-order chi connectivity index (χ1) is 16.1. The van der Waals surface area contributed by atoms with Gasteiger partial charge in [0.15, 0.2) is 5.82 Å². The number of anilines is 1. The lowest BCUT2D eigenvalue weighted by Gasteiger charge is -2.41. The number of halogens is 3. The Labute approximate surface area is 195 Å². The maximum absolute atomic E-state index is 13.5. The monoisotopic (exact) mass is 474 g/mol. The quantitative estimate of drug-likeness (QED) is 0.738. The lowest BCUT2D eigenvalue weighted by Crippen LogP contribution is -2.49. The molecule has 0 aliphatic carbocycles. The van der Waals surface area contributed by atoms with Gasteiger partial charge in [0.2, 0.25) is 5.91 Å². The number of hydrogen-bond acceptors (Lipinski definition) is 5. The number of rotatable bonds is 3. The first kappa shape index (κ1) is 23.6. The Kier molecular flexibility index (Phi) is 6.02. The summed E-state index contributed by atoms with van der Waals surface area (Å²) in [7, 11) is 3.29. The minimum absolute atomic E-state index is 0.170. The summed E-state index contributed by atoms with van der Waals surface area (Å²) >= 11 is 0. The van der Waals surface area contributed by atoms with Gasteiger partial charge in [-0.1, -0.05) is 0 Å². The molecule has 2 saturated heterocycles. The molecule has 180 valence electrons. The van der Waals surface area contributed by atoms with Gasteiger partial charge in [-0.25, -0.2) is 4.98 Å². The van der Waals surface area contributed by atoms with E-state index in [1.807, 2.05) is 0 Å². The Hall–Kier alpha value is -3.55. The highest BCUT2D eigenvalue weighted by molar-refractivity contribution is 5.91. The van der Waals surface area contributed by atoms with Crippen molar-refractivity contribution in [1.82, 2.24) is 19.8 Å². The average molecular weight is 474 g/mol. The highest BCUT2D eigenvalue weighted by Crippen LogP contribution is 2.47. The Balaban J connectivity index is 1.58. The van der Waals surface area contributed by atoms with Gasteiger partial charge >= 0.3 is 6.18 Å². The predicted molar refractivity (Wildman–Crippen MR) is 117 cm³/mol. The maximum Gasteiger partial charge on any atom is 0.417 e. The molecule has 1 unspecified atom stereocenters. The molecule has 0 bridgehead atoms. The van der Waals surface area contributed by atoms with Crippen LogP contribution in [-0.2, 0) is 18.0 Å². The number of nitrogens with zero attached hydrogens (tertiary/aromatic N) is 5. The molecule has 2 fully saturated rings. The summed E-state index contributed by atoms with van der Waals surface area (Å²) in [5.41, 5.74) is -1.58. The van der Waals surface area contributed by atoms with Crippen LogP contribution in [0.4, 0.5) is 18.9 Å². The number of aromatic nitrogens is 2. The topological polar surface area (TPSA) is 94.3 Å². The van der Waals surface area contributed by atoms with Crippen LogP contribution in [0.15, 0.2) is 30.6 Å². The first-order valence-corrected chi connectivity index (χ1v) is 10.9. The maximum atomic E-state index is 13.5. The molecule has 34 heavy (non-hydrogen) atoms. The third-order valence-electron chi connectivity index (χ3n) is 7.06. The molecule has 8 nitrogen and oxygen atoms in total. The van der Waals surface area contributed by atoms with Gasteiger partial charge in [0.25, 0.3) is 5.91 Å².